The zero-order chi connectivity index (χ0) is 15.7. The van der Waals surface area contributed by atoms with E-state index in [4.69, 9.17) is 0 Å². The standard InChI is InChI=1S/C14H19N5O2S/c1-3-19-12(4-6-16-19)10-18-7-5-13-11(9-18)8-15-14(17-13)22(2,20)21/h4,6,8H,3,5,7,9-10H2,1-2H3. The molecule has 1 aliphatic rings. The first kappa shape index (κ1) is 15.1. The Morgan fingerprint density at radius 2 is 2.18 bits per heavy atom. The summed E-state index contributed by atoms with van der Waals surface area (Å²) >= 11 is 0. The monoisotopic (exact) mass is 321 g/mol. The molecule has 3 heterocycles. The van der Waals surface area contributed by atoms with E-state index in [9.17, 15) is 8.42 Å². The third kappa shape index (κ3) is 3.02. The second-order valence-corrected chi connectivity index (χ2v) is 7.41. The third-order valence-corrected chi connectivity index (χ3v) is 4.67. The summed E-state index contributed by atoms with van der Waals surface area (Å²) < 4.78 is 25.0. The fourth-order valence-electron chi connectivity index (χ4n) is 2.68. The number of rotatable bonds is 4. The maximum atomic E-state index is 11.5. The average molecular weight is 321 g/mol. The predicted molar refractivity (Wildman–Crippen MR) is 80.9 cm³/mol. The van der Waals surface area contributed by atoms with E-state index in [1.54, 1.807) is 6.20 Å². The summed E-state index contributed by atoms with van der Waals surface area (Å²) in [6, 6.07) is 2.03. The van der Waals surface area contributed by atoms with E-state index in [1.165, 1.54) is 5.69 Å². The van der Waals surface area contributed by atoms with E-state index in [1.807, 2.05) is 16.9 Å². The molecule has 22 heavy (non-hydrogen) atoms. The van der Waals surface area contributed by atoms with Gasteiger partial charge in [0.05, 0.1) is 11.4 Å². The number of aryl methyl sites for hydroxylation is 1. The van der Waals surface area contributed by atoms with E-state index < -0.39 is 9.84 Å². The fraction of sp³-hybridized carbons (Fsp3) is 0.500. The van der Waals surface area contributed by atoms with Crippen molar-refractivity contribution in [3.8, 4) is 0 Å². The van der Waals surface area contributed by atoms with Gasteiger partial charge >= 0.3 is 0 Å². The Kier molecular flexibility index (Phi) is 3.96. The molecule has 0 saturated heterocycles. The molecule has 0 aromatic carbocycles. The maximum absolute atomic E-state index is 11.5. The Bertz CT molecular complexity index is 784. The van der Waals surface area contributed by atoms with E-state index in [2.05, 4.69) is 26.9 Å². The quantitative estimate of drug-likeness (QED) is 0.769. The molecule has 2 aromatic heterocycles. The lowest BCUT2D eigenvalue weighted by Gasteiger charge is -2.27. The second kappa shape index (κ2) is 5.77. The molecular weight excluding hydrogens is 302 g/mol. The molecule has 0 bridgehead atoms. The largest absolute Gasteiger partial charge is 0.293 e. The van der Waals surface area contributed by atoms with E-state index in [0.29, 0.717) is 0 Å². The Morgan fingerprint density at radius 1 is 1.36 bits per heavy atom. The van der Waals surface area contributed by atoms with Crippen LogP contribution in [0.1, 0.15) is 23.9 Å². The molecule has 0 atom stereocenters. The Labute approximate surface area is 129 Å². The highest BCUT2D eigenvalue weighted by Crippen LogP contribution is 2.19. The Balaban J connectivity index is 1.77. The summed E-state index contributed by atoms with van der Waals surface area (Å²) in [7, 11) is -3.35. The van der Waals surface area contributed by atoms with Gasteiger partial charge in [-0.2, -0.15) is 5.10 Å². The van der Waals surface area contributed by atoms with Crippen molar-refractivity contribution in [2.24, 2.45) is 0 Å². The van der Waals surface area contributed by atoms with Crippen LogP contribution < -0.4 is 0 Å². The molecule has 0 aliphatic carbocycles. The van der Waals surface area contributed by atoms with Gasteiger partial charge in [0.1, 0.15) is 0 Å². The molecular formula is C14H19N5O2S. The molecule has 0 N–H and O–H groups in total. The third-order valence-electron chi connectivity index (χ3n) is 3.81. The minimum atomic E-state index is -3.35. The normalized spacial score (nSPS) is 15.7. The minimum Gasteiger partial charge on any atom is -0.293 e. The maximum Gasteiger partial charge on any atom is 0.246 e. The van der Waals surface area contributed by atoms with Crippen LogP contribution in [0, 0.1) is 0 Å². The number of hydrogen-bond donors (Lipinski definition) is 0. The number of fused-ring (bicyclic) bond motifs is 1. The van der Waals surface area contributed by atoms with Crippen molar-refractivity contribution in [3.63, 3.8) is 0 Å². The summed E-state index contributed by atoms with van der Waals surface area (Å²) in [5, 5.41) is 4.20. The van der Waals surface area contributed by atoms with Gasteiger partial charge in [-0.25, -0.2) is 18.4 Å². The molecule has 2 aromatic rings. The average Bonchev–Trinajstić information content (AvgIpc) is 2.93. The molecule has 0 radical (unpaired) electrons. The number of hydrogen-bond acceptors (Lipinski definition) is 6. The van der Waals surface area contributed by atoms with Crippen molar-refractivity contribution in [1.29, 1.82) is 0 Å². The molecule has 3 rings (SSSR count). The van der Waals surface area contributed by atoms with Gasteiger partial charge in [-0.3, -0.25) is 9.58 Å². The van der Waals surface area contributed by atoms with Gasteiger partial charge in [0.15, 0.2) is 0 Å². The summed E-state index contributed by atoms with van der Waals surface area (Å²) in [6.07, 6.45) is 5.33. The lowest BCUT2D eigenvalue weighted by molar-refractivity contribution is 0.234. The van der Waals surface area contributed by atoms with Crippen molar-refractivity contribution >= 4 is 9.84 Å². The van der Waals surface area contributed by atoms with E-state index in [0.717, 1.165) is 50.1 Å². The second-order valence-electron chi connectivity index (χ2n) is 5.50. The van der Waals surface area contributed by atoms with Crippen molar-refractivity contribution < 1.29 is 8.42 Å². The van der Waals surface area contributed by atoms with Crippen LogP contribution in [0.3, 0.4) is 0 Å². The van der Waals surface area contributed by atoms with E-state index >= 15 is 0 Å². The highest BCUT2D eigenvalue weighted by atomic mass is 32.2. The fourth-order valence-corrected chi connectivity index (χ4v) is 3.20. The van der Waals surface area contributed by atoms with Crippen LogP contribution in [0.4, 0.5) is 0 Å². The Morgan fingerprint density at radius 3 is 2.91 bits per heavy atom. The molecule has 1 aliphatic heterocycles. The molecule has 0 saturated carbocycles. The van der Waals surface area contributed by atoms with Gasteiger partial charge in [0.2, 0.25) is 15.0 Å². The number of nitrogens with zero attached hydrogens (tertiary/aromatic N) is 5. The number of aromatic nitrogens is 4. The zero-order valence-corrected chi connectivity index (χ0v) is 13.5. The van der Waals surface area contributed by atoms with Gasteiger partial charge in [0.25, 0.3) is 0 Å². The highest BCUT2D eigenvalue weighted by molar-refractivity contribution is 7.90. The van der Waals surface area contributed by atoms with E-state index in [-0.39, 0.29) is 5.16 Å². The summed E-state index contributed by atoms with van der Waals surface area (Å²) in [5.41, 5.74) is 3.02. The van der Waals surface area contributed by atoms with Gasteiger partial charge in [-0.05, 0) is 13.0 Å². The minimum absolute atomic E-state index is 0.0799. The summed E-state index contributed by atoms with van der Waals surface area (Å²) in [5.74, 6) is 0. The lowest BCUT2D eigenvalue weighted by Crippen LogP contribution is -2.32. The molecule has 8 heteroatoms. The predicted octanol–water partition coefficient (Wildman–Crippen LogP) is 0.655. The first-order chi connectivity index (χ1) is 10.5. The highest BCUT2D eigenvalue weighted by Gasteiger charge is 2.21. The van der Waals surface area contributed by atoms with Crippen molar-refractivity contribution in [1.82, 2.24) is 24.6 Å². The van der Waals surface area contributed by atoms with Gasteiger partial charge in [-0.1, -0.05) is 0 Å². The summed E-state index contributed by atoms with van der Waals surface area (Å²) in [6.45, 7) is 5.33. The van der Waals surface area contributed by atoms with Gasteiger partial charge in [-0.15, -0.1) is 0 Å². The van der Waals surface area contributed by atoms with Crippen LogP contribution >= 0.6 is 0 Å². The first-order valence-electron chi connectivity index (χ1n) is 7.25. The van der Waals surface area contributed by atoms with Crippen LogP contribution in [-0.2, 0) is 35.9 Å². The SMILES string of the molecule is CCn1nccc1CN1CCc2nc(S(C)(=O)=O)ncc2C1. The Hall–Kier alpha value is -1.80. The topological polar surface area (TPSA) is 81.0 Å². The molecule has 0 fully saturated rings. The van der Waals surface area contributed by atoms with Crippen LogP contribution in [0.15, 0.2) is 23.6 Å². The van der Waals surface area contributed by atoms with Crippen LogP contribution in [-0.4, -0.2) is 45.9 Å². The number of sulfone groups is 1. The first-order valence-corrected chi connectivity index (χ1v) is 9.14. The van der Waals surface area contributed by atoms with Crippen molar-refractivity contribution in [2.75, 3.05) is 12.8 Å². The molecule has 7 nitrogen and oxygen atoms in total. The van der Waals surface area contributed by atoms with Gasteiger partial charge in [0, 0.05) is 56.8 Å². The molecule has 0 amide bonds. The van der Waals surface area contributed by atoms with Gasteiger partial charge < -0.3 is 0 Å². The molecule has 0 unspecified atom stereocenters. The molecule has 118 valence electrons. The summed E-state index contributed by atoms with van der Waals surface area (Å²) in [4.78, 5) is 10.5. The lowest BCUT2D eigenvalue weighted by atomic mass is 10.1. The van der Waals surface area contributed by atoms with Crippen molar-refractivity contribution in [2.45, 2.75) is 38.1 Å². The molecule has 0 spiro atoms. The van der Waals surface area contributed by atoms with Crippen molar-refractivity contribution in [3.05, 3.63) is 35.4 Å². The zero-order valence-electron chi connectivity index (χ0n) is 12.7. The van der Waals surface area contributed by atoms with Crippen LogP contribution in [0.5, 0.6) is 0 Å². The van der Waals surface area contributed by atoms with Crippen LogP contribution in [0.2, 0.25) is 0 Å². The smallest absolute Gasteiger partial charge is 0.246 e. The van der Waals surface area contributed by atoms with Crippen LogP contribution in [0.25, 0.3) is 0 Å².